The summed E-state index contributed by atoms with van der Waals surface area (Å²) in [6.07, 6.45) is 1.83. The second kappa shape index (κ2) is 15.0. The molecule has 2 heterocycles. The number of hydrogen-bond acceptors (Lipinski definition) is 9. The fraction of sp³-hybridized carbons (Fsp3) is 0.381. The number of rotatable bonds is 7. The van der Waals surface area contributed by atoms with Crippen LogP contribution in [0.15, 0.2) is 66.7 Å². The highest BCUT2D eigenvalue weighted by molar-refractivity contribution is 5.87. The molecule has 0 saturated heterocycles. The summed E-state index contributed by atoms with van der Waals surface area (Å²) in [5.74, 6) is 5.12. The van der Waals surface area contributed by atoms with Gasteiger partial charge in [0.25, 0.3) is 0 Å². The number of ether oxygens (including phenoxy) is 6. The molecule has 0 aromatic heterocycles. The minimum Gasteiger partial charge on any atom is -0.494 e. The Morgan fingerprint density at radius 3 is 1.69 bits per heavy atom. The van der Waals surface area contributed by atoms with Crippen molar-refractivity contribution in [1.82, 2.24) is 0 Å². The first-order valence-electron chi connectivity index (χ1n) is 17.9. The van der Waals surface area contributed by atoms with Crippen LogP contribution >= 0.6 is 0 Å². The molecular weight excluding hydrogens is 646 g/mol. The summed E-state index contributed by atoms with van der Waals surface area (Å²) in [6, 6.07) is 22.0. The van der Waals surface area contributed by atoms with Gasteiger partial charge in [0.1, 0.15) is 49.5 Å². The Balaban J connectivity index is 0.000000160. The van der Waals surface area contributed by atoms with Crippen molar-refractivity contribution >= 4 is 17.3 Å². The molecule has 0 amide bonds. The zero-order valence-electron chi connectivity index (χ0n) is 29.8. The summed E-state index contributed by atoms with van der Waals surface area (Å²) >= 11 is 0. The van der Waals surface area contributed by atoms with Crippen LogP contribution in [0.25, 0.3) is 0 Å². The van der Waals surface area contributed by atoms with E-state index in [4.69, 9.17) is 28.4 Å². The van der Waals surface area contributed by atoms with Gasteiger partial charge in [-0.2, -0.15) is 0 Å². The number of nitrogens with zero attached hydrogens (tertiary/aromatic N) is 1. The van der Waals surface area contributed by atoms with Gasteiger partial charge in [-0.05, 0) is 49.2 Å². The number of para-hydroxylation sites is 1. The van der Waals surface area contributed by atoms with Gasteiger partial charge in [0.05, 0.1) is 13.2 Å². The number of carbonyl (C=O) groups excluding carboxylic acids is 2. The smallest absolute Gasteiger partial charge is 0.165 e. The van der Waals surface area contributed by atoms with Crippen LogP contribution in [0, 0.1) is 0 Å². The second-order valence-electron chi connectivity index (χ2n) is 13.3. The molecule has 2 aliphatic heterocycles. The average Bonchev–Trinajstić information content (AvgIpc) is 3.14. The first kappa shape index (κ1) is 34.3. The van der Waals surface area contributed by atoms with E-state index in [1.165, 1.54) is 0 Å². The topological polar surface area (TPSA) is 92.8 Å². The normalized spacial score (nSPS) is 18.4. The lowest BCUT2D eigenvalue weighted by Gasteiger charge is -2.31. The van der Waals surface area contributed by atoms with Gasteiger partial charge in [-0.1, -0.05) is 36.4 Å². The molecule has 2 unspecified atom stereocenters. The monoisotopic (exact) mass is 691 g/mol. The minimum atomic E-state index is -0.0873. The van der Waals surface area contributed by atoms with Gasteiger partial charge in [0.2, 0.25) is 0 Å². The SMILES string of the molecule is CCOc1cc(N(C)C)ccc1C1CC(=O)Cc2ccc3c(c21)OCCO3.CCOc1ccccc1C1CC(=O)Cc2ccc3c(c21)OCCO3. The molecule has 0 spiro atoms. The molecule has 4 aliphatic rings. The maximum absolute atomic E-state index is 12.5. The molecular formula is C42H45NO8. The molecule has 0 radical (unpaired) electrons. The van der Waals surface area contributed by atoms with Crippen molar-refractivity contribution in [3.05, 3.63) is 100 Å². The van der Waals surface area contributed by atoms with E-state index in [1.54, 1.807) is 0 Å². The fourth-order valence-corrected chi connectivity index (χ4v) is 7.61. The van der Waals surface area contributed by atoms with Crippen molar-refractivity contribution in [2.45, 2.75) is 51.4 Å². The van der Waals surface area contributed by atoms with E-state index in [9.17, 15) is 9.59 Å². The van der Waals surface area contributed by atoms with Crippen LogP contribution in [-0.4, -0.2) is 65.3 Å². The predicted molar refractivity (Wildman–Crippen MR) is 195 cm³/mol. The molecule has 9 nitrogen and oxygen atoms in total. The van der Waals surface area contributed by atoms with Gasteiger partial charge in [-0.15, -0.1) is 0 Å². The largest absolute Gasteiger partial charge is 0.494 e. The third-order valence-corrected chi connectivity index (χ3v) is 9.79. The van der Waals surface area contributed by atoms with Crippen LogP contribution in [0.1, 0.15) is 71.9 Å². The number of hydrogen-bond donors (Lipinski definition) is 0. The average molecular weight is 692 g/mol. The lowest BCUT2D eigenvalue weighted by atomic mass is 9.77. The predicted octanol–water partition coefficient (Wildman–Crippen LogP) is 7.07. The first-order chi connectivity index (χ1) is 24.9. The molecule has 2 atom stereocenters. The lowest BCUT2D eigenvalue weighted by Crippen LogP contribution is -2.24. The van der Waals surface area contributed by atoms with Crippen molar-refractivity contribution in [1.29, 1.82) is 0 Å². The van der Waals surface area contributed by atoms with E-state index >= 15 is 0 Å². The van der Waals surface area contributed by atoms with E-state index in [1.807, 2.05) is 87.4 Å². The quantitative estimate of drug-likeness (QED) is 0.202. The van der Waals surface area contributed by atoms with E-state index in [2.05, 4.69) is 12.1 Å². The second-order valence-corrected chi connectivity index (χ2v) is 13.3. The highest BCUT2D eigenvalue weighted by Gasteiger charge is 2.35. The molecule has 4 aromatic rings. The Morgan fingerprint density at radius 1 is 0.627 bits per heavy atom. The van der Waals surface area contributed by atoms with E-state index in [0.717, 1.165) is 73.6 Å². The molecule has 0 N–H and O–H groups in total. The van der Waals surface area contributed by atoms with Crippen LogP contribution in [0.2, 0.25) is 0 Å². The molecule has 0 saturated carbocycles. The van der Waals surface area contributed by atoms with Crippen LogP contribution < -0.4 is 33.3 Å². The van der Waals surface area contributed by atoms with Crippen molar-refractivity contribution in [3.8, 4) is 34.5 Å². The molecule has 266 valence electrons. The van der Waals surface area contributed by atoms with Gasteiger partial charge in [0, 0.05) is 85.6 Å². The van der Waals surface area contributed by atoms with Crippen LogP contribution in [0.5, 0.6) is 34.5 Å². The third kappa shape index (κ3) is 6.94. The van der Waals surface area contributed by atoms with Gasteiger partial charge in [0.15, 0.2) is 23.0 Å². The van der Waals surface area contributed by atoms with Crippen molar-refractivity contribution in [2.75, 3.05) is 58.6 Å². The van der Waals surface area contributed by atoms with Gasteiger partial charge >= 0.3 is 0 Å². The number of benzene rings is 4. The number of carbonyl (C=O) groups is 2. The van der Waals surface area contributed by atoms with Crippen molar-refractivity contribution in [3.63, 3.8) is 0 Å². The van der Waals surface area contributed by atoms with Crippen molar-refractivity contribution < 1.29 is 38.0 Å². The Bertz CT molecular complexity index is 1930. The molecule has 0 fully saturated rings. The van der Waals surface area contributed by atoms with Gasteiger partial charge in [-0.3, -0.25) is 9.59 Å². The summed E-state index contributed by atoms with van der Waals surface area (Å²) in [6.45, 7) is 7.29. The Morgan fingerprint density at radius 2 is 1.14 bits per heavy atom. The zero-order chi connectivity index (χ0) is 35.5. The molecule has 9 heteroatoms. The summed E-state index contributed by atoms with van der Waals surface area (Å²) in [5, 5.41) is 0. The highest BCUT2D eigenvalue weighted by atomic mass is 16.6. The summed E-state index contributed by atoms with van der Waals surface area (Å²) in [4.78, 5) is 26.9. The summed E-state index contributed by atoms with van der Waals surface area (Å²) in [5.41, 5.74) is 7.35. The molecule has 0 bridgehead atoms. The van der Waals surface area contributed by atoms with Crippen LogP contribution in [0.3, 0.4) is 0 Å². The van der Waals surface area contributed by atoms with Crippen molar-refractivity contribution in [2.24, 2.45) is 0 Å². The minimum absolute atomic E-state index is 0.0550. The van der Waals surface area contributed by atoms with E-state index in [0.29, 0.717) is 65.3 Å². The highest BCUT2D eigenvalue weighted by Crippen LogP contribution is 2.50. The fourth-order valence-electron chi connectivity index (χ4n) is 7.61. The van der Waals surface area contributed by atoms with Crippen LogP contribution in [-0.2, 0) is 22.4 Å². The first-order valence-corrected chi connectivity index (χ1v) is 17.9. The molecule has 2 aliphatic carbocycles. The Hall–Kier alpha value is -5.18. The Labute approximate surface area is 299 Å². The standard InChI is InChI=1S/C22H25NO4.C20H20O4/c1-4-25-20-12-15(23(2)3)6-7-17(20)18-13-16(24)11-14-5-8-19-22(21(14)18)27-10-9-26-19;1-2-22-17-6-4-3-5-15(17)16-12-14(21)11-13-7-8-18-20(19(13)16)24-10-9-23-18/h5-8,12,18H,4,9-11,13H2,1-3H3;3-8,16H,2,9-12H2,1H3. The maximum Gasteiger partial charge on any atom is 0.165 e. The van der Waals surface area contributed by atoms with Crippen LogP contribution in [0.4, 0.5) is 5.69 Å². The molecule has 4 aromatic carbocycles. The Kier molecular flexibility index (Phi) is 10.1. The number of fused-ring (bicyclic) bond motifs is 6. The zero-order valence-corrected chi connectivity index (χ0v) is 29.8. The van der Waals surface area contributed by atoms with E-state index in [-0.39, 0.29) is 23.4 Å². The number of ketones is 2. The maximum atomic E-state index is 12.5. The number of Topliss-reactive ketones (excluding diaryl/α,β-unsaturated/α-hetero) is 2. The third-order valence-electron chi connectivity index (χ3n) is 9.79. The summed E-state index contributed by atoms with van der Waals surface area (Å²) in [7, 11) is 4.01. The summed E-state index contributed by atoms with van der Waals surface area (Å²) < 4.78 is 35.2. The van der Waals surface area contributed by atoms with E-state index < -0.39 is 0 Å². The lowest BCUT2D eigenvalue weighted by molar-refractivity contribution is -0.119. The van der Waals surface area contributed by atoms with Gasteiger partial charge < -0.3 is 33.3 Å². The number of anilines is 1. The molecule has 51 heavy (non-hydrogen) atoms. The molecule has 8 rings (SSSR count). The van der Waals surface area contributed by atoms with Gasteiger partial charge in [-0.25, -0.2) is 0 Å².